The molecule has 0 aliphatic heterocycles. The predicted molar refractivity (Wildman–Crippen MR) is 69.5 cm³/mol. The zero-order valence-corrected chi connectivity index (χ0v) is 11.6. The second-order valence-electron chi connectivity index (χ2n) is 4.84. The van der Waals surface area contributed by atoms with Gasteiger partial charge in [0, 0.05) is 5.92 Å². The Hall–Kier alpha value is -1.04. The van der Waals surface area contributed by atoms with Gasteiger partial charge in [-0.05, 0) is 25.7 Å². The number of rotatable bonds is 5. The largest absolute Gasteiger partial charge is 0.462 e. The van der Waals surface area contributed by atoms with Gasteiger partial charge in [0.25, 0.3) is 0 Å². The molecular formula is C12H19N3O2S. The Bertz CT molecular complexity index is 400. The van der Waals surface area contributed by atoms with Crippen LogP contribution in [0.3, 0.4) is 0 Å². The Morgan fingerprint density at radius 3 is 2.83 bits per heavy atom. The molecule has 6 heteroatoms. The summed E-state index contributed by atoms with van der Waals surface area (Å²) in [5.74, 6) is 1.29. The van der Waals surface area contributed by atoms with Crippen molar-refractivity contribution < 1.29 is 9.53 Å². The number of carbonyl (C=O) groups excluding carboxylic acids is 1. The lowest BCUT2D eigenvalue weighted by atomic mass is 10.2. The molecule has 0 saturated heterocycles. The number of nitrogens with zero attached hydrogens (tertiary/aromatic N) is 2. The van der Waals surface area contributed by atoms with Crippen LogP contribution in [0.4, 0.5) is 0 Å². The summed E-state index contributed by atoms with van der Waals surface area (Å²) in [4.78, 5) is 15.9. The van der Waals surface area contributed by atoms with E-state index in [4.69, 9.17) is 4.74 Å². The number of hydrogen-bond acceptors (Lipinski definition) is 5. The third-order valence-corrected chi connectivity index (χ3v) is 3.77. The topological polar surface area (TPSA) is 67.9 Å². The lowest BCUT2D eigenvalue weighted by Crippen LogP contribution is -2.16. The molecule has 100 valence electrons. The number of nitrogens with one attached hydrogen (secondary N) is 1. The maximum atomic E-state index is 11.6. The lowest BCUT2D eigenvalue weighted by molar-refractivity contribution is -0.145. The SMILES string of the molecule is CC(C)c1nc(SCC(=O)OC2CCCC2)n[nH]1. The molecule has 0 bridgehead atoms. The first-order valence-electron chi connectivity index (χ1n) is 6.39. The number of ether oxygens (including phenoxy) is 1. The van der Waals surface area contributed by atoms with Gasteiger partial charge >= 0.3 is 5.97 Å². The third kappa shape index (κ3) is 3.73. The molecule has 1 aliphatic rings. The van der Waals surface area contributed by atoms with Crippen LogP contribution >= 0.6 is 11.8 Å². The van der Waals surface area contributed by atoms with Crippen molar-refractivity contribution in [1.82, 2.24) is 15.2 Å². The molecule has 1 aromatic rings. The van der Waals surface area contributed by atoms with Gasteiger partial charge in [-0.3, -0.25) is 9.89 Å². The molecule has 1 aliphatic carbocycles. The fourth-order valence-electron chi connectivity index (χ4n) is 1.93. The van der Waals surface area contributed by atoms with E-state index in [9.17, 15) is 4.79 Å². The molecule has 0 radical (unpaired) electrons. The van der Waals surface area contributed by atoms with Crippen molar-refractivity contribution in [3.8, 4) is 0 Å². The zero-order valence-electron chi connectivity index (χ0n) is 10.8. The summed E-state index contributed by atoms with van der Waals surface area (Å²) in [7, 11) is 0. The van der Waals surface area contributed by atoms with E-state index in [0.717, 1.165) is 18.7 Å². The Labute approximate surface area is 111 Å². The van der Waals surface area contributed by atoms with Gasteiger partial charge in [-0.2, -0.15) is 0 Å². The third-order valence-electron chi connectivity index (χ3n) is 2.95. The minimum absolute atomic E-state index is 0.136. The first-order valence-corrected chi connectivity index (χ1v) is 7.38. The van der Waals surface area contributed by atoms with E-state index in [-0.39, 0.29) is 17.8 Å². The van der Waals surface area contributed by atoms with Crippen LogP contribution < -0.4 is 0 Å². The molecule has 0 atom stereocenters. The van der Waals surface area contributed by atoms with Gasteiger partial charge in [-0.1, -0.05) is 25.6 Å². The van der Waals surface area contributed by atoms with Gasteiger partial charge in [0.2, 0.25) is 5.16 Å². The van der Waals surface area contributed by atoms with Crippen LogP contribution in [0, 0.1) is 0 Å². The van der Waals surface area contributed by atoms with E-state index in [1.807, 2.05) is 13.8 Å². The maximum absolute atomic E-state index is 11.6. The monoisotopic (exact) mass is 269 g/mol. The smallest absolute Gasteiger partial charge is 0.316 e. The van der Waals surface area contributed by atoms with Crippen LogP contribution in [0.1, 0.15) is 51.3 Å². The van der Waals surface area contributed by atoms with Crippen LogP contribution in [-0.2, 0) is 9.53 Å². The molecule has 5 nitrogen and oxygen atoms in total. The van der Waals surface area contributed by atoms with Crippen LogP contribution in [-0.4, -0.2) is 33.0 Å². The van der Waals surface area contributed by atoms with Crippen molar-refractivity contribution in [2.24, 2.45) is 0 Å². The van der Waals surface area contributed by atoms with E-state index in [2.05, 4.69) is 15.2 Å². The summed E-state index contributed by atoms with van der Waals surface area (Å²) in [6, 6.07) is 0. The summed E-state index contributed by atoms with van der Waals surface area (Å²) < 4.78 is 5.36. The van der Waals surface area contributed by atoms with E-state index < -0.39 is 0 Å². The lowest BCUT2D eigenvalue weighted by Gasteiger charge is -2.10. The number of thioether (sulfide) groups is 1. The second kappa shape index (κ2) is 6.22. The Morgan fingerprint density at radius 2 is 2.22 bits per heavy atom. The first kappa shape index (κ1) is 13.4. The number of aromatic nitrogens is 3. The average Bonchev–Trinajstić information content (AvgIpc) is 2.96. The standard InChI is InChI=1S/C12H19N3O2S/c1-8(2)11-13-12(15-14-11)18-7-10(16)17-9-5-3-4-6-9/h8-9H,3-7H2,1-2H3,(H,13,14,15). The fourth-order valence-corrected chi connectivity index (χ4v) is 2.52. The highest BCUT2D eigenvalue weighted by Crippen LogP contribution is 2.22. The highest BCUT2D eigenvalue weighted by Gasteiger charge is 2.19. The maximum Gasteiger partial charge on any atom is 0.316 e. The highest BCUT2D eigenvalue weighted by molar-refractivity contribution is 7.99. The van der Waals surface area contributed by atoms with Gasteiger partial charge in [-0.15, -0.1) is 5.10 Å². The Balaban J connectivity index is 1.74. The van der Waals surface area contributed by atoms with Crippen LogP contribution in [0.2, 0.25) is 0 Å². The highest BCUT2D eigenvalue weighted by atomic mass is 32.2. The van der Waals surface area contributed by atoms with Crippen LogP contribution in [0.15, 0.2) is 5.16 Å². The number of aromatic amines is 1. The molecule has 1 aromatic heterocycles. The van der Waals surface area contributed by atoms with Crippen molar-refractivity contribution in [1.29, 1.82) is 0 Å². The average molecular weight is 269 g/mol. The van der Waals surface area contributed by atoms with Crippen molar-refractivity contribution in [2.45, 2.75) is 56.7 Å². The van der Waals surface area contributed by atoms with Gasteiger partial charge in [-0.25, -0.2) is 4.98 Å². The second-order valence-corrected chi connectivity index (χ2v) is 5.79. The van der Waals surface area contributed by atoms with E-state index in [0.29, 0.717) is 11.1 Å². The quantitative estimate of drug-likeness (QED) is 0.657. The zero-order chi connectivity index (χ0) is 13.0. The molecule has 1 fully saturated rings. The molecule has 0 aromatic carbocycles. The summed E-state index contributed by atoms with van der Waals surface area (Å²) in [6.45, 7) is 4.09. The normalized spacial score (nSPS) is 16.4. The molecular weight excluding hydrogens is 250 g/mol. The van der Waals surface area contributed by atoms with Crippen molar-refractivity contribution in [3.63, 3.8) is 0 Å². The van der Waals surface area contributed by atoms with Gasteiger partial charge < -0.3 is 4.74 Å². The van der Waals surface area contributed by atoms with E-state index in [1.165, 1.54) is 24.6 Å². The summed E-state index contributed by atoms with van der Waals surface area (Å²) in [5, 5.41) is 7.54. The van der Waals surface area contributed by atoms with Gasteiger partial charge in [0.1, 0.15) is 11.9 Å². The van der Waals surface area contributed by atoms with Gasteiger partial charge in [0.05, 0.1) is 5.75 Å². The Kier molecular flexibility index (Phi) is 4.63. The molecule has 1 heterocycles. The molecule has 0 spiro atoms. The van der Waals surface area contributed by atoms with Crippen LogP contribution in [0.5, 0.6) is 0 Å². The molecule has 18 heavy (non-hydrogen) atoms. The Morgan fingerprint density at radius 1 is 1.50 bits per heavy atom. The molecule has 1 saturated carbocycles. The van der Waals surface area contributed by atoms with E-state index >= 15 is 0 Å². The summed E-state index contributed by atoms with van der Waals surface area (Å²) >= 11 is 1.32. The number of esters is 1. The molecule has 0 amide bonds. The van der Waals surface area contributed by atoms with Crippen molar-refractivity contribution in [2.75, 3.05) is 5.75 Å². The molecule has 0 unspecified atom stereocenters. The minimum atomic E-state index is -0.164. The first-order chi connectivity index (χ1) is 8.65. The van der Waals surface area contributed by atoms with Crippen molar-refractivity contribution in [3.05, 3.63) is 5.82 Å². The number of hydrogen-bond donors (Lipinski definition) is 1. The number of H-pyrrole nitrogens is 1. The predicted octanol–water partition coefficient (Wildman–Crippen LogP) is 2.51. The molecule has 2 rings (SSSR count). The number of carbonyl (C=O) groups is 1. The summed E-state index contributed by atoms with van der Waals surface area (Å²) in [6.07, 6.45) is 4.49. The molecule has 1 N–H and O–H groups in total. The van der Waals surface area contributed by atoms with E-state index in [1.54, 1.807) is 0 Å². The van der Waals surface area contributed by atoms with Crippen molar-refractivity contribution >= 4 is 17.7 Å². The minimum Gasteiger partial charge on any atom is -0.462 e. The summed E-state index contributed by atoms with van der Waals surface area (Å²) in [5.41, 5.74) is 0. The fraction of sp³-hybridized carbons (Fsp3) is 0.750. The van der Waals surface area contributed by atoms with Gasteiger partial charge in [0.15, 0.2) is 0 Å². The van der Waals surface area contributed by atoms with Crippen LogP contribution in [0.25, 0.3) is 0 Å².